The first-order valence-corrected chi connectivity index (χ1v) is 12.4. The van der Waals surface area contributed by atoms with Gasteiger partial charge in [0, 0.05) is 31.1 Å². The highest BCUT2D eigenvalue weighted by atomic mass is 32.2. The van der Waals surface area contributed by atoms with Crippen LogP contribution in [0, 0.1) is 13.8 Å². The summed E-state index contributed by atoms with van der Waals surface area (Å²) in [6, 6.07) is 13.3. The van der Waals surface area contributed by atoms with E-state index in [9.17, 15) is 13.2 Å². The monoisotopic (exact) mass is 454 g/mol. The van der Waals surface area contributed by atoms with Gasteiger partial charge in [-0.3, -0.25) is 9.52 Å². The second kappa shape index (κ2) is 8.74. The summed E-state index contributed by atoms with van der Waals surface area (Å²) in [7, 11) is -3.41. The number of carbonyl (C=O) groups excluding carboxylic acids is 1. The Balaban J connectivity index is 1.40. The number of hydrogen-bond donors (Lipinski definition) is 1. The van der Waals surface area contributed by atoms with Crippen LogP contribution in [0.4, 0.5) is 5.69 Å². The van der Waals surface area contributed by atoms with E-state index in [1.165, 1.54) is 5.56 Å². The second-order valence-corrected chi connectivity index (χ2v) is 9.98. The Morgan fingerprint density at radius 3 is 2.38 bits per heavy atom. The summed E-state index contributed by atoms with van der Waals surface area (Å²) in [5, 5.41) is 3.95. The number of carbonyl (C=O) groups is 1. The molecule has 0 aliphatic carbocycles. The van der Waals surface area contributed by atoms with E-state index in [0.717, 1.165) is 30.2 Å². The highest BCUT2D eigenvalue weighted by Gasteiger charge is 2.25. The van der Waals surface area contributed by atoms with E-state index in [-0.39, 0.29) is 5.91 Å². The molecule has 1 fully saturated rings. The van der Waals surface area contributed by atoms with E-state index in [1.807, 2.05) is 17.0 Å². The van der Waals surface area contributed by atoms with Gasteiger partial charge in [-0.05, 0) is 48.9 Å². The zero-order valence-electron chi connectivity index (χ0n) is 18.3. The lowest BCUT2D eigenvalue weighted by Crippen LogP contribution is -2.38. The van der Waals surface area contributed by atoms with E-state index in [0.29, 0.717) is 42.0 Å². The van der Waals surface area contributed by atoms with Gasteiger partial charge in [-0.15, -0.1) is 0 Å². The van der Waals surface area contributed by atoms with E-state index >= 15 is 0 Å². The van der Waals surface area contributed by atoms with E-state index < -0.39 is 10.0 Å². The fraction of sp³-hybridized carbons (Fsp3) is 0.348. The average Bonchev–Trinajstić information content (AvgIpc) is 3.20. The number of rotatable bonds is 5. The Hall–Kier alpha value is -3.20. The molecule has 2 aromatic carbocycles. The number of amides is 1. The molecule has 1 aliphatic rings. The number of aromatic nitrogens is 2. The van der Waals surface area contributed by atoms with Crippen LogP contribution in [0.25, 0.3) is 11.4 Å². The SMILES string of the molecule is Cc1nc(-c2ccc(C3CCN(C(=O)c4ccc(C)c(NS(C)(=O)=O)c4)CC3)cc2)no1. The molecule has 168 valence electrons. The molecule has 3 aromatic rings. The van der Waals surface area contributed by atoms with Gasteiger partial charge in [0.15, 0.2) is 0 Å². The number of anilines is 1. The maximum absolute atomic E-state index is 13.0. The largest absolute Gasteiger partial charge is 0.339 e. The Morgan fingerprint density at radius 2 is 1.78 bits per heavy atom. The minimum absolute atomic E-state index is 0.0807. The van der Waals surface area contributed by atoms with Gasteiger partial charge < -0.3 is 9.42 Å². The van der Waals surface area contributed by atoms with Crippen LogP contribution in [-0.2, 0) is 10.0 Å². The zero-order valence-corrected chi connectivity index (χ0v) is 19.1. The smallest absolute Gasteiger partial charge is 0.253 e. The van der Waals surface area contributed by atoms with Crippen molar-refractivity contribution in [1.82, 2.24) is 15.0 Å². The summed E-state index contributed by atoms with van der Waals surface area (Å²) in [6.07, 6.45) is 2.83. The van der Waals surface area contributed by atoms with Crippen molar-refractivity contribution in [3.05, 3.63) is 65.0 Å². The molecule has 0 saturated carbocycles. The molecule has 1 saturated heterocycles. The molecular formula is C23H26N4O4S. The van der Waals surface area contributed by atoms with Crippen LogP contribution >= 0.6 is 0 Å². The van der Waals surface area contributed by atoms with Gasteiger partial charge in [0.05, 0.1) is 11.9 Å². The Morgan fingerprint density at radius 1 is 1.09 bits per heavy atom. The number of nitrogens with zero attached hydrogens (tertiary/aromatic N) is 3. The lowest BCUT2D eigenvalue weighted by Gasteiger charge is -2.32. The van der Waals surface area contributed by atoms with Gasteiger partial charge >= 0.3 is 0 Å². The van der Waals surface area contributed by atoms with Gasteiger partial charge in [0.2, 0.25) is 21.7 Å². The molecule has 4 rings (SSSR count). The first kappa shape index (κ1) is 22.0. The average molecular weight is 455 g/mol. The van der Waals surface area contributed by atoms with Crippen LogP contribution < -0.4 is 4.72 Å². The summed E-state index contributed by atoms with van der Waals surface area (Å²) in [5.74, 6) is 1.41. The van der Waals surface area contributed by atoms with Crippen LogP contribution in [-0.4, -0.2) is 48.7 Å². The molecule has 0 unspecified atom stereocenters. The number of piperidine rings is 1. The molecule has 32 heavy (non-hydrogen) atoms. The van der Waals surface area contributed by atoms with Crippen molar-refractivity contribution in [2.45, 2.75) is 32.6 Å². The minimum Gasteiger partial charge on any atom is -0.339 e. The Labute approximate surface area is 187 Å². The van der Waals surface area contributed by atoms with Crippen molar-refractivity contribution in [3.8, 4) is 11.4 Å². The van der Waals surface area contributed by atoms with Crippen molar-refractivity contribution in [2.75, 3.05) is 24.1 Å². The van der Waals surface area contributed by atoms with Gasteiger partial charge in [-0.1, -0.05) is 35.5 Å². The van der Waals surface area contributed by atoms with E-state index in [2.05, 4.69) is 27.0 Å². The molecule has 1 aliphatic heterocycles. The second-order valence-electron chi connectivity index (χ2n) is 8.23. The lowest BCUT2D eigenvalue weighted by atomic mass is 9.88. The fourth-order valence-electron chi connectivity index (χ4n) is 3.98. The number of likely N-dealkylation sites (tertiary alicyclic amines) is 1. The normalized spacial score (nSPS) is 15.0. The van der Waals surface area contributed by atoms with Gasteiger partial charge in [0.25, 0.3) is 5.91 Å². The number of sulfonamides is 1. The number of benzene rings is 2. The van der Waals surface area contributed by atoms with Crippen LogP contribution in [0.1, 0.15) is 46.1 Å². The molecule has 2 heterocycles. The van der Waals surface area contributed by atoms with E-state index in [1.54, 1.807) is 32.0 Å². The molecule has 1 N–H and O–H groups in total. The molecule has 1 aromatic heterocycles. The molecule has 9 heteroatoms. The first-order valence-electron chi connectivity index (χ1n) is 10.5. The van der Waals surface area contributed by atoms with Crippen LogP contribution in [0.5, 0.6) is 0 Å². The molecular weight excluding hydrogens is 428 g/mol. The Bertz CT molecular complexity index is 1230. The third-order valence-electron chi connectivity index (χ3n) is 5.73. The van der Waals surface area contributed by atoms with Gasteiger partial charge in [0.1, 0.15) is 0 Å². The molecule has 1 amide bonds. The summed E-state index contributed by atoms with van der Waals surface area (Å²) >= 11 is 0. The number of nitrogens with one attached hydrogen (secondary N) is 1. The first-order chi connectivity index (χ1) is 15.2. The number of hydrogen-bond acceptors (Lipinski definition) is 6. The van der Waals surface area contributed by atoms with Crippen molar-refractivity contribution < 1.29 is 17.7 Å². The van der Waals surface area contributed by atoms with Crippen molar-refractivity contribution in [3.63, 3.8) is 0 Å². The fourth-order valence-corrected chi connectivity index (χ4v) is 4.60. The summed E-state index contributed by atoms with van der Waals surface area (Å²) < 4.78 is 30.7. The van der Waals surface area contributed by atoms with Crippen molar-refractivity contribution in [1.29, 1.82) is 0 Å². The third-order valence-corrected chi connectivity index (χ3v) is 6.32. The zero-order chi connectivity index (χ0) is 22.9. The number of aryl methyl sites for hydroxylation is 2. The summed E-state index contributed by atoms with van der Waals surface area (Å²) in [6.45, 7) is 4.87. The third kappa shape index (κ3) is 4.99. The molecule has 0 radical (unpaired) electrons. The molecule has 0 spiro atoms. The molecule has 8 nitrogen and oxygen atoms in total. The van der Waals surface area contributed by atoms with Gasteiger partial charge in [-0.25, -0.2) is 8.42 Å². The minimum atomic E-state index is -3.41. The Kier molecular flexibility index (Phi) is 6.01. The predicted molar refractivity (Wildman–Crippen MR) is 122 cm³/mol. The van der Waals surface area contributed by atoms with Gasteiger partial charge in [-0.2, -0.15) is 4.98 Å². The highest BCUT2D eigenvalue weighted by molar-refractivity contribution is 7.92. The van der Waals surface area contributed by atoms with E-state index in [4.69, 9.17) is 4.52 Å². The quantitative estimate of drug-likeness (QED) is 0.630. The molecule has 0 atom stereocenters. The maximum atomic E-state index is 13.0. The van der Waals surface area contributed by atoms with Crippen LogP contribution in [0.15, 0.2) is 47.0 Å². The van der Waals surface area contributed by atoms with Crippen molar-refractivity contribution >= 4 is 21.6 Å². The highest BCUT2D eigenvalue weighted by Crippen LogP contribution is 2.30. The van der Waals surface area contributed by atoms with Crippen molar-refractivity contribution in [2.24, 2.45) is 0 Å². The topological polar surface area (TPSA) is 105 Å². The summed E-state index contributed by atoms with van der Waals surface area (Å²) in [5.41, 5.74) is 3.84. The van der Waals surface area contributed by atoms with Crippen LogP contribution in [0.3, 0.4) is 0 Å². The molecule has 0 bridgehead atoms. The summed E-state index contributed by atoms with van der Waals surface area (Å²) in [4.78, 5) is 19.1. The maximum Gasteiger partial charge on any atom is 0.253 e. The van der Waals surface area contributed by atoms with Crippen LogP contribution in [0.2, 0.25) is 0 Å². The lowest BCUT2D eigenvalue weighted by molar-refractivity contribution is 0.0713. The standard InChI is InChI=1S/C23H26N4O4S/c1-15-4-5-20(14-21(15)26-32(3,29)30)23(28)27-12-10-18(11-13-27)17-6-8-19(9-7-17)22-24-16(2)31-25-22/h4-9,14,18,26H,10-13H2,1-3H3. The predicted octanol–water partition coefficient (Wildman–Crippen LogP) is 3.74.